The number of hydrazone groups is 1. The molecular weight excluding hydrogens is 422 g/mol. The van der Waals surface area contributed by atoms with E-state index in [1.165, 1.54) is 23.5 Å². The SMILES string of the molecule is CCOC(=O)c1c(NC(=O)C(=O)N/N=C/c2ccc(O)cc2O)sc2c1CCC(C)C2. The number of hydrogen-bond acceptors (Lipinski definition) is 8. The Morgan fingerprint density at radius 3 is 2.77 bits per heavy atom. The van der Waals surface area contributed by atoms with Gasteiger partial charge in [0.05, 0.1) is 18.4 Å². The van der Waals surface area contributed by atoms with E-state index in [9.17, 15) is 24.6 Å². The molecule has 2 aromatic rings. The van der Waals surface area contributed by atoms with Gasteiger partial charge >= 0.3 is 17.8 Å². The molecule has 31 heavy (non-hydrogen) atoms. The zero-order valence-corrected chi connectivity index (χ0v) is 17.9. The molecule has 0 saturated heterocycles. The maximum absolute atomic E-state index is 12.5. The number of aromatic hydroxyl groups is 2. The standard InChI is InChI=1S/C21H23N3O6S/c1-3-30-21(29)17-14-7-4-11(2)8-16(14)31-20(17)23-18(27)19(28)24-22-10-12-5-6-13(25)9-15(12)26/h5-6,9-11,25-26H,3-4,7-8H2,1-2H3,(H,23,27)(H,24,28)/b22-10+. The monoisotopic (exact) mass is 445 g/mol. The van der Waals surface area contributed by atoms with Crippen molar-refractivity contribution in [2.75, 3.05) is 11.9 Å². The molecule has 2 amide bonds. The third-order valence-corrected chi connectivity index (χ3v) is 5.98. The molecule has 164 valence electrons. The van der Waals surface area contributed by atoms with Gasteiger partial charge in [-0.15, -0.1) is 11.3 Å². The number of carbonyl (C=O) groups excluding carboxylic acids is 3. The van der Waals surface area contributed by atoms with Crippen molar-refractivity contribution in [1.29, 1.82) is 0 Å². The van der Waals surface area contributed by atoms with Crippen LogP contribution in [-0.2, 0) is 27.2 Å². The van der Waals surface area contributed by atoms with Crippen LogP contribution in [0.5, 0.6) is 11.5 Å². The molecule has 4 N–H and O–H groups in total. The van der Waals surface area contributed by atoms with E-state index < -0.39 is 17.8 Å². The van der Waals surface area contributed by atoms with Gasteiger partial charge in [-0.25, -0.2) is 10.2 Å². The second-order valence-electron chi connectivity index (χ2n) is 7.17. The van der Waals surface area contributed by atoms with Crippen LogP contribution in [0.1, 0.15) is 46.6 Å². The first kappa shape index (κ1) is 22.3. The van der Waals surface area contributed by atoms with Gasteiger partial charge in [0, 0.05) is 16.5 Å². The minimum atomic E-state index is -1.04. The predicted octanol–water partition coefficient (Wildman–Crippen LogP) is 2.55. The van der Waals surface area contributed by atoms with E-state index in [1.54, 1.807) is 6.92 Å². The first-order valence-corrected chi connectivity index (χ1v) is 10.6. The van der Waals surface area contributed by atoms with Crippen molar-refractivity contribution in [1.82, 2.24) is 5.43 Å². The molecule has 0 saturated carbocycles. The molecule has 1 aliphatic carbocycles. The van der Waals surface area contributed by atoms with Crippen LogP contribution in [0.2, 0.25) is 0 Å². The minimum Gasteiger partial charge on any atom is -0.508 e. The molecule has 0 fully saturated rings. The second kappa shape index (κ2) is 9.61. The topological polar surface area (TPSA) is 137 Å². The van der Waals surface area contributed by atoms with Crippen molar-refractivity contribution in [3.8, 4) is 11.5 Å². The number of phenols is 2. The predicted molar refractivity (Wildman–Crippen MR) is 116 cm³/mol. The van der Waals surface area contributed by atoms with E-state index in [0.717, 1.165) is 35.6 Å². The van der Waals surface area contributed by atoms with Crippen LogP contribution in [0.3, 0.4) is 0 Å². The second-order valence-corrected chi connectivity index (χ2v) is 8.28. The maximum atomic E-state index is 12.5. The first-order valence-electron chi connectivity index (χ1n) is 9.78. The Bertz CT molecular complexity index is 1050. The maximum Gasteiger partial charge on any atom is 0.341 e. The van der Waals surface area contributed by atoms with Crippen LogP contribution in [0.15, 0.2) is 23.3 Å². The largest absolute Gasteiger partial charge is 0.508 e. The van der Waals surface area contributed by atoms with Crippen LogP contribution in [-0.4, -0.2) is 40.8 Å². The number of carbonyl (C=O) groups is 3. The highest BCUT2D eigenvalue weighted by atomic mass is 32.1. The number of fused-ring (bicyclic) bond motifs is 1. The molecule has 1 aromatic heterocycles. The fraction of sp³-hybridized carbons (Fsp3) is 0.333. The smallest absolute Gasteiger partial charge is 0.341 e. The number of esters is 1. The Morgan fingerprint density at radius 2 is 2.06 bits per heavy atom. The van der Waals surface area contributed by atoms with Gasteiger partial charge in [-0.1, -0.05) is 6.92 Å². The first-order chi connectivity index (χ1) is 14.8. The van der Waals surface area contributed by atoms with E-state index in [0.29, 0.717) is 17.9 Å². The van der Waals surface area contributed by atoms with Crippen molar-refractivity contribution < 1.29 is 29.3 Å². The minimum absolute atomic E-state index is 0.122. The van der Waals surface area contributed by atoms with Gasteiger partial charge in [-0.05, 0) is 49.8 Å². The number of nitrogens with zero attached hydrogens (tertiary/aromatic N) is 1. The lowest BCUT2D eigenvalue weighted by molar-refractivity contribution is -0.136. The van der Waals surface area contributed by atoms with Crippen LogP contribution < -0.4 is 10.7 Å². The summed E-state index contributed by atoms with van der Waals surface area (Å²) in [6.07, 6.45) is 3.58. The van der Waals surface area contributed by atoms with Crippen LogP contribution in [0.25, 0.3) is 0 Å². The number of anilines is 1. The number of nitrogens with one attached hydrogen (secondary N) is 2. The highest BCUT2D eigenvalue weighted by Crippen LogP contribution is 2.40. The van der Waals surface area contributed by atoms with Gasteiger partial charge in [0.15, 0.2) is 0 Å². The fourth-order valence-electron chi connectivity index (χ4n) is 3.27. The number of benzene rings is 1. The summed E-state index contributed by atoms with van der Waals surface area (Å²) in [7, 11) is 0. The van der Waals surface area contributed by atoms with E-state index in [4.69, 9.17) is 4.74 Å². The summed E-state index contributed by atoms with van der Waals surface area (Å²) < 4.78 is 5.15. The zero-order valence-electron chi connectivity index (χ0n) is 17.1. The Labute approximate surface area is 182 Å². The number of phenolic OH excluding ortho intramolecular Hbond substituents is 2. The van der Waals surface area contributed by atoms with Crippen LogP contribution in [0, 0.1) is 5.92 Å². The number of amides is 2. The van der Waals surface area contributed by atoms with Gasteiger partial charge in [0.25, 0.3) is 0 Å². The molecule has 0 radical (unpaired) electrons. The number of thiophene rings is 1. The Kier molecular flexibility index (Phi) is 6.91. The summed E-state index contributed by atoms with van der Waals surface area (Å²) in [5, 5.41) is 25.4. The Morgan fingerprint density at radius 1 is 1.29 bits per heavy atom. The van der Waals surface area contributed by atoms with E-state index in [1.807, 2.05) is 0 Å². The Balaban J connectivity index is 1.72. The summed E-state index contributed by atoms with van der Waals surface area (Å²) in [4.78, 5) is 38.0. The molecule has 10 heteroatoms. The van der Waals surface area contributed by atoms with Crippen LogP contribution >= 0.6 is 11.3 Å². The van der Waals surface area contributed by atoms with Gasteiger partial charge in [-0.2, -0.15) is 5.10 Å². The van der Waals surface area contributed by atoms with E-state index in [2.05, 4.69) is 22.8 Å². The lowest BCUT2D eigenvalue weighted by Gasteiger charge is -2.18. The number of ether oxygens (including phenoxy) is 1. The molecule has 3 rings (SSSR count). The molecule has 0 spiro atoms. The normalized spacial score (nSPS) is 15.4. The van der Waals surface area contributed by atoms with Crippen molar-refractivity contribution in [3.05, 3.63) is 39.8 Å². The summed E-state index contributed by atoms with van der Waals surface area (Å²) in [6.45, 7) is 4.03. The highest BCUT2D eigenvalue weighted by Gasteiger charge is 2.30. The molecule has 0 bridgehead atoms. The average Bonchev–Trinajstić information content (AvgIpc) is 3.06. The average molecular weight is 445 g/mol. The molecule has 0 aliphatic heterocycles. The molecule has 1 unspecified atom stereocenters. The molecule has 1 aliphatic rings. The summed E-state index contributed by atoms with van der Waals surface area (Å²) in [5.41, 5.74) is 3.49. The van der Waals surface area contributed by atoms with E-state index >= 15 is 0 Å². The molecule has 1 aromatic carbocycles. The third-order valence-electron chi connectivity index (χ3n) is 4.81. The number of rotatable bonds is 5. The van der Waals surface area contributed by atoms with Gasteiger partial charge in [0.2, 0.25) is 0 Å². The van der Waals surface area contributed by atoms with Crippen LogP contribution in [0.4, 0.5) is 5.00 Å². The summed E-state index contributed by atoms with van der Waals surface area (Å²) >= 11 is 1.28. The molecular formula is C21H23N3O6S. The third kappa shape index (κ3) is 5.21. The van der Waals surface area contributed by atoms with Gasteiger partial charge in [0.1, 0.15) is 16.5 Å². The van der Waals surface area contributed by atoms with E-state index in [-0.39, 0.29) is 28.7 Å². The molecule has 1 heterocycles. The van der Waals surface area contributed by atoms with Gasteiger partial charge in [-0.3, -0.25) is 9.59 Å². The summed E-state index contributed by atoms with van der Waals surface area (Å²) in [5.74, 6) is -2.43. The summed E-state index contributed by atoms with van der Waals surface area (Å²) in [6, 6.07) is 3.85. The fourth-order valence-corrected chi connectivity index (χ4v) is 4.66. The molecule has 9 nitrogen and oxygen atoms in total. The highest BCUT2D eigenvalue weighted by molar-refractivity contribution is 7.17. The zero-order chi connectivity index (χ0) is 22.5. The molecule has 1 atom stereocenters. The van der Waals surface area contributed by atoms with Crippen molar-refractivity contribution in [2.24, 2.45) is 11.0 Å². The number of hydrogen-bond donors (Lipinski definition) is 4. The van der Waals surface area contributed by atoms with Crippen molar-refractivity contribution in [2.45, 2.75) is 33.1 Å². The van der Waals surface area contributed by atoms with Crippen molar-refractivity contribution >= 4 is 40.3 Å². The van der Waals surface area contributed by atoms with Crippen molar-refractivity contribution in [3.63, 3.8) is 0 Å². The van der Waals surface area contributed by atoms with Gasteiger partial charge < -0.3 is 20.3 Å². The quantitative estimate of drug-likeness (QED) is 0.242. The lowest BCUT2D eigenvalue weighted by atomic mass is 9.88. The lowest BCUT2D eigenvalue weighted by Crippen LogP contribution is -2.32. The Hall–Kier alpha value is -3.40.